The Balaban J connectivity index is 0.754. The molecule has 14 nitrogen and oxygen atoms in total. The van der Waals surface area contributed by atoms with Crippen molar-refractivity contribution in [2.24, 2.45) is 11.8 Å². The predicted octanol–water partition coefficient (Wildman–Crippen LogP) is 5.08. The molecule has 0 aliphatic carbocycles. The fourth-order valence-electron chi connectivity index (χ4n) is 9.11. The van der Waals surface area contributed by atoms with E-state index in [9.17, 15) is 37.1 Å². The molecule has 5 amide bonds. The molecule has 0 spiro atoms. The molecule has 2 N–H and O–H groups in total. The summed E-state index contributed by atoms with van der Waals surface area (Å²) in [4.78, 5) is 80.2. The smallest absolute Gasteiger partial charge is 0.372 e. The maximum atomic E-state index is 15.4. The van der Waals surface area contributed by atoms with Crippen LogP contribution in [0.15, 0.2) is 48.7 Å². The van der Waals surface area contributed by atoms with Gasteiger partial charge in [-0.3, -0.25) is 44.0 Å². The number of anilines is 3. The van der Waals surface area contributed by atoms with Gasteiger partial charge >= 0.3 is 6.18 Å². The van der Waals surface area contributed by atoms with Gasteiger partial charge in [0, 0.05) is 76.6 Å². The number of aromatic nitrogens is 1. The summed E-state index contributed by atoms with van der Waals surface area (Å²) >= 11 is 0. The van der Waals surface area contributed by atoms with Crippen molar-refractivity contribution < 1.29 is 41.5 Å². The van der Waals surface area contributed by atoms with Gasteiger partial charge in [-0.05, 0) is 87.0 Å². The number of alkyl halides is 3. The summed E-state index contributed by atoms with van der Waals surface area (Å²) in [6.07, 6.45) is 0.165. The van der Waals surface area contributed by atoms with Crippen molar-refractivity contribution in [2.75, 3.05) is 74.0 Å². The number of pyridine rings is 1. The lowest BCUT2D eigenvalue weighted by molar-refractivity contribution is -0.137. The van der Waals surface area contributed by atoms with E-state index in [4.69, 9.17) is 6.57 Å². The Kier molecular flexibility index (Phi) is 11.8. The van der Waals surface area contributed by atoms with Crippen LogP contribution in [0.4, 0.5) is 40.4 Å². The van der Waals surface area contributed by atoms with Gasteiger partial charge in [-0.25, -0.2) is 14.2 Å². The number of piperazine rings is 1. The third kappa shape index (κ3) is 8.94. The first-order chi connectivity index (χ1) is 29.2. The van der Waals surface area contributed by atoms with Crippen molar-refractivity contribution in [2.45, 2.75) is 57.3 Å². The van der Waals surface area contributed by atoms with Crippen LogP contribution in [0.1, 0.15) is 70.4 Å². The second-order valence-electron chi connectivity index (χ2n) is 16.4. The Morgan fingerprint density at radius 3 is 2.18 bits per heavy atom. The van der Waals surface area contributed by atoms with Gasteiger partial charge in [-0.1, -0.05) is 12.1 Å². The first-order valence-electron chi connectivity index (χ1n) is 20.6. The summed E-state index contributed by atoms with van der Waals surface area (Å²) in [5, 5.41) is 5.06. The molecule has 1 atom stereocenters. The molecule has 2 aromatic carbocycles. The van der Waals surface area contributed by atoms with Gasteiger partial charge in [-0.15, -0.1) is 0 Å². The van der Waals surface area contributed by atoms with Crippen LogP contribution in [-0.2, 0) is 27.1 Å². The molecule has 6 heterocycles. The summed E-state index contributed by atoms with van der Waals surface area (Å²) in [5.41, 5.74) is 0.246. The van der Waals surface area contributed by atoms with Gasteiger partial charge < -0.3 is 15.1 Å². The van der Waals surface area contributed by atoms with E-state index in [1.807, 2.05) is 15.9 Å². The summed E-state index contributed by atoms with van der Waals surface area (Å²) in [6, 6.07) is 8.85. The third-order valence-corrected chi connectivity index (χ3v) is 12.6. The van der Waals surface area contributed by atoms with E-state index < -0.39 is 52.9 Å². The molecular formula is C43H45F4N9O5. The monoisotopic (exact) mass is 843 g/mol. The van der Waals surface area contributed by atoms with Crippen LogP contribution in [0.5, 0.6) is 0 Å². The van der Waals surface area contributed by atoms with Crippen LogP contribution in [0.3, 0.4) is 0 Å². The molecule has 320 valence electrons. The molecule has 18 heteroatoms. The molecule has 3 aromatic rings. The first-order valence-corrected chi connectivity index (χ1v) is 20.6. The fraction of sp³-hybridized carbons (Fsp3) is 0.465. The molecule has 1 unspecified atom stereocenters. The van der Waals surface area contributed by atoms with Gasteiger partial charge in [0.2, 0.25) is 17.7 Å². The Morgan fingerprint density at radius 2 is 1.54 bits per heavy atom. The number of benzene rings is 2. The zero-order chi connectivity index (χ0) is 43.0. The van der Waals surface area contributed by atoms with E-state index in [-0.39, 0.29) is 41.5 Å². The van der Waals surface area contributed by atoms with Gasteiger partial charge in [0.25, 0.3) is 11.8 Å². The van der Waals surface area contributed by atoms with E-state index in [2.05, 4.69) is 30.3 Å². The zero-order valence-electron chi connectivity index (χ0n) is 33.3. The van der Waals surface area contributed by atoms with Gasteiger partial charge in [0.1, 0.15) is 17.7 Å². The predicted molar refractivity (Wildman–Crippen MR) is 215 cm³/mol. The molecule has 0 saturated carbocycles. The molecule has 0 radical (unpaired) electrons. The molecule has 0 bridgehead atoms. The molecule has 4 saturated heterocycles. The number of nitrogens with zero attached hydrogens (tertiary/aromatic N) is 7. The highest BCUT2D eigenvalue weighted by Gasteiger charge is 2.45. The number of rotatable bonds is 9. The summed E-state index contributed by atoms with van der Waals surface area (Å²) in [6.45, 7) is 13.9. The number of amides is 5. The second-order valence-corrected chi connectivity index (χ2v) is 16.4. The van der Waals surface area contributed by atoms with E-state index >= 15 is 4.39 Å². The minimum atomic E-state index is -4.63. The van der Waals surface area contributed by atoms with Crippen molar-refractivity contribution in [3.05, 3.63) is 88.1 Å². The van der Waals surface area contributed by atoms with Crippen molar-refractivity contribution >= 4 is 52.4 Å². The van der Waals surface area contributed by atoms with E-state index in [0.717, 1.165) is 61.6 Å². The van der Waals surface area contributed by atoms with Crippen molar-refractivity contribution in [3.63, 3.8) is 0 Å². The van der Waals surface area contributed by atoms with E-state index in [1.165, 1.54) is 18.2 Å². The number of piperidine rings is 3. The normalized spacial score (nSPS) is 21.1. The van der Waals surface area contributed by atoms with Crippen LogP contribution in [-0.4, -0.2) is 114 Å². The number of carbonyl (C=O) groups is 5. The highest BCUT2D eigenvalue weighted by atomic mass is 19.4. The number of imide groups is 2. The number of hydrogen-bond donors (Lipinski definition) is 2. The minimum absolute atomic E-state index is 0.00500. The van der Waals surface area contributed by atoms with Crippen molar-refractivity contribution in [1.29, 1.82) is 0 Å². The summed E-state index contributed by atoms with van der Waals surface area (Å²) < 4.78 is 55.8. The molecule has 61 heavy (non-hydrogen) atoms. The quantitative estimate of drug-likeness (QED) is 0.170. The Bertz CT molecular complexity index is 2260. The van der Waals surface area contributed by atoms with E-state index in [0.29, 0.717) is 69.5 Å². The molecule has 1 aromatic heterocycles. The third-order valence-electron chi connectivity index (χ3n) is 12.6. The van der Waals surface area contributed by atoms with Crippen LogP contribution in [0.25, 0.3) is 4.85 Å². The minimum Gasteiger partial charge on any atom is -0.372 e. The lowest BCUT2D eigenvalue weighted by Gasteiger charge is -2.39. The first kappa shape index (κ1) is 41.8. The topological polar surface area (TPSA) is 143 Å². The molecule has 5 aliphatic rings. The number of hydrogen-bond acceptors (Lipinski definition) is 10. The van der Waals surface area contributed by atoms with Gasteiger partial charge in [-0.2, -0.15) is 13.2 Å². The van der Waals surface area contributed by atoms with Crippen LogP contribution in [0, 0.1) is 24.2 Å². The lowest BCUT2D eigenvalue weighted by atomic mass is 9.95. The number of likely N-dealkylation sites (tertiary alicyclic amines) is 1. The maximum Gasteiger partial charge on any atom is 0.407 e. The van der Waals surface area contributed by atoms with Gasteiger partial charge in [0.15, 0.2) is 5.69 Å². The molecule has 5 aliphatic heterocycles. The van der Waals surface area contributed by atoms with E-state index in [1.54, 1.807) is 12.3 Å². The second kappa shape index (κ2) is 17.2. The largest absolute Gasteiger partial charge is 0.407 e. The van der Waals surface area contributed by atoms with Crippen LogP contribution >= 0.6 is 0 Å². The Morgan fingerprint density at radius 1 is 0.836 bits per heavy atom. The van der Waals surface area contributed by atoms with Gasteiger partial charge in [0.05, 0.1) is 28.9 Å². The van der Waals surface area contributed by atoms with Crippen molar-refractivity contribution in [1.82, 2.24) is 25.0 Å². The molecule has 4 fully saturated rings. The number of nitrogens with one attached hydrogen (secondary N) is 2. The Labute approximate surface area is 349 Å². The lowest BCUT2D eigenvalue weighted by Crippen LogP contribution is -2.54. The fourth-order valence-corrected chi connectivity index (χ4v) is 9.11. The standard InChI is InChI=1S/C43H45F4N9O5/c1-48-34-4-3-29(20-32(34)43(45,46)47)54-14-10-28(11-15-54)39(58)50-37-6-2-27(23-49-37)25-52-12-8-26(9-13-52)24-53-16-18-55(19-17-53)36-22-31-30(21-33(36)44)41(60)56(42(31)61)35-5-7-38(57)51-40(35)59/h2-4,6,20-23,26,28,35H,5,7-19,24-25H2,(H,49,50,58)(H,51,57,59). The Hall–Kier alpha value is -5.93. The number of fused-ring (bicyclic) bond motifs is 1. The maximum absolute atomic E-state index is 15.4. The highest BCUT2D eigenvalue weighted by Crippen LogP contribution is 2.40. The van der Waals surface area contributed by atoms with Crippen molar-refractivity contribution in [3.8, 4) is 0 Å². The average Bonchev–Trinajstić information content (AvgIpc) is 3.48. The highest BCUT2D eigenvalue weighted by molar-refractivity contribution is 6.23. The SMILES string of the molecule is [C-]#[N+]c1ccc(N2CCC(C(=O)Nc3ccc(CN4CCC(CN5CCN(c6cc7c(cc6F)C(=O)N(C6CCC(=O)NC6=O)C7=O)CC5)CC4)cn3)CC2)cc1C(F)(F)F. The summed E-state index contributed by atoms with van der Waals surface area (Å²) in [5.74, 6) is -2.70. The summed E-state index contributed by atoms with van der Waals surface area (Å²) in [7, 11) is 0. The van der Waals surface area contributed by atoms with Crippen LogP contribution in [0.2, 0.25) is 0 Å². The van der Waals surface area contributed by atoms with Crippen LogP contribution < -0.4 is 20.4 Å². The molecular weight excluding hydrogens is 799 g/mol. The number of halogens is 4. The average molecular weight is 844 g/mol. The zero-order valence-corrected chi connectivity index (χ0v) is 33.3. The molecule has 8 rings (SSSR count). The number of carbonyl (C=O) groups excluding carboxylic acids is 5.